The van der Waals surface area contributed by atoms with Crippen LogP contribution in [-0.2, 0) is 7.05 Å². The summed E-state index contributed by atoms with van der Waals surface area (Å²) in [7, 11) is 1.68. The largest absolute Gasteiger partial charge is 0.454 e. The molecule has 0 aliphatic carbocycles. The van der Waals surface area contributed by atoms with E-state index in [1.807, 2.05) is 18.2 Å². The monoisotopic (exact) mass is 412 g/mol. The van der Waals surface area contributed by atoms with E-state index in [0.717, 1.165) is 33.7 Å². The molecule has 0 saturated carbocycles. The first-order chi connectivity index (χ1) is 14.0. The Morgan fingerprint density at radius 3 is 2.62 bits per heavy atom. The second-order valence-electron chi connectivity index (χ2n) is 6.49. The van der Waals surface area contributed by atoms with E-state index in [4.69, 9.17) is 4.74 Å². The van der Waals surface area contributed by atoms with Crippen LogP contribution in [0.3, 0.4) is 0 Å². The standard InChI is InChI=1S/C22H18F2N2O2S/c1-3-29-14-5-7-19(28-20-6-4-13(23)10-18(20)24)16(11-14)17-12-26(2)22(27)21-15(17)8-9-25-21/h4-12,25H,3H2,1-2H3. The highest BCUT2D eigenvalue weighted by Gasteiger charge is 2.17. The number of benzene rings is 2. The normalized spacial score (nSPS) is 11.2. The van der Waals surface area contributed by atoms with Gasteiger partial charge in [-0.05, 0) is 42.2 Å². The van der Waals surface area contributed by atoms with Gasteiger partial charge in [-0.15, -0.1) is 11.8 Å². The van der Waals surface area contributed by atoms with Gasteiger partial charge in [0.2, 0.25) is 0 Å². The molecular formula is C22H18F2N2O2S. The molecule has 0 unspecified atom stereocenters. The van der Waals surface area contributed by atoms with Gasteiger partial charge < -0.3 is 14.3 Å². The Morgan fingerprint density at radius 1 is 1.07 bits per heavy atom. The van der Waals surface area contributed by atoms with Crippen LogP contribution in [0, 0.1) is 11.6 Å². The molecule has 4 aromatic rings. The Labute approximate surface area is 170 Å². The van der Waals surface area contributed by atoms with Crippen molar-refractivity contribution in [2.24, 2.45) is 7.05 Å². The molecule has 0 bridgehead atoms. The van der Waals surface area contributed by atoms with Crippen molar-refractivity contribution in [2.45, 2.75) is 11.8 Å². The van der Waals surface area contributed by atoms with E-state index in [9.17, 15) is 13.6 Å². The van der Waals surface area contributed by atoms with Crippen LogP contribution in [0.15, 0.2) is 64.5 Å². The molecule has 0 amide bonds. The van der Waals surface area contributed by atoms with Crippen LogP contribution in [0.2, 0.25) is 0 Å². The predicted molar refractivity (Wildman–Crippen MR) is 112 cm³/mol. The summed E-state index contributed by atoms with van der Waals surface area (Å²) in [4.78, 5) is 16.4. The molecule has 2 heterocycles. The summed E-state index contributed by atoms with van der Waals surface area (Å²) < 4.78 is 34.8. The van der Waals surface area contributed by atoms with Gasteiger partial charge in [-0.25, -0.2) is 8.78 Å². The summed E-state index contributed by atoms with van der Waals surface area (Å²) >= 11 is 1.66. The van der Waals surface area contributed by atoms with E-state index >= 15 is 0 Å². The van der Waals surface area contributed by atoms with Crippen LogP contribution in [-0.4, -0.2) is 15.3 Å². The maximum Gasteiger partial charge on any atom is 0.274 e. The second-order valence-corrected chi connectivity index (χ2v) is 7.83. The van der Waals surface area contributed by atoms with Gasteiger partial charge in [-0.1, -0.05) is 6.92 Å². The quantitative estimate of drug-likeness (QED) is 0.427. The first kappa shape index (κ1) is 19.3. The third-order valence-corrected chi connectivity index (χ3v) is 5.44. The second kappa shape index (κ2) is 7.75. The molecule has 29 heavy (non-hydrogen) atoms. The van der Waals surface area contributed by atoms with Crippen LogP contribution in [0.4, 0.5) is 8.78 Å². The minimum Gasteiger partial charge on any atom is -0.454 e. The summed E-state index contributed by atoms with van der Waals surface area (Å²) in [5.74, 6) is -0.220. The molecule has 0 aliphatic rings. The van der Waals surface area contributed by atoms with Crippen LogP contribution in [0.5, 0.6) is 11.5 Å². The van der Waals surface area contributed by atoms with Crippen LogP contribution in [0.25, 0.3) is 22.0 Å². The minimum absolute atomic E-state index is 0.0707. The number of aromatic amines is 1. The average Bonchev–Trinajstić information content (AvgIpc) is 3.18. The SMILES string of the molecule is CCSc1ccc(Oc2ccc(F)cc2F)c(-c2cn(C)c(=O)c3[nH]ccc23)c1. The fourth-order valence-corrected chi connectivity index (χ4v) is 3.92. The lowest BCUT2D eigenvalue weighted by Crippen LogP contribution is -2.16. The van der Waals surface area contributed by atoms with Gasteiger partial charge in [-0.3, -0.25) is 4.79 Å². The fraction of sp³-hybridized carbons (Fsp3) is 0.136. The fourth-order valence-electron chi connectivity index (χ4n) is 3.23. The Bertz CT molecular complexity index is 1260. The molecule has 7 heteroatoms. The third-order valence-electron chi connectivity index (χ3n) is 4.56. The number of H-pyrrole nitrogens is 1. The van der Waals surface area contributed by atoms with Gasteiger partial charge in [0.25, 0.3) is 5.56 Å². The number of hydrogen-bond donors (Lipinski definition) is 1. The molecule has 0 spiro atoms. The number of rotatable bonds is 5. The lowest BCUT2D eigenvalue weighted by Gasteiger charge is -2.15. The van der Waals surface area contributed by atoms with Crippen molar-refractivity contribution in [3.63, 3.8) is 0 Å². The Hall–Kier alpha value is -3.06. The van der Waals surface area contributed by atoms with E-state index in [-0.39, 0.29) is 11.3 Å². The zero-order valence-electron chi connectivity index (χ0n) is 15.8. The van der Waals surface area contributed by atoms with Gasteiger partial charge in [0.1, 0.15) is 17.1 Å². The number of thioether (sulfide) groups is 1. The van der Waals surface area contributed by atoms with Crippen molar-refractivity contribution in [1.29, 1.82) is 0 Å². The van der Waals surface area contributed by atoms with Crippen LogP contribution < -0.4 is 10.3 Å². The Balaban J connectivity index is 1.92. The average molecular weight is 412 g/mol. The zero-order chi connectivity index (χ0) is 20.5. The van der Waals surface area contributed by atoms with Gasteiger partial charge >= 0.3 is 0 Å². The number of hydrogen-bond acceptors (Lipinski definition) is 3. The molecule has 0 fully saturated rings. The zero-order valence-corrected chi connectivity index (χ0v) is 16.6. The molecule has 0 atom stereocenters. The van der Waals surface area contributed by atoms with Crippen molar-refractivity contribution < 1.29 is 13.5 Å². The summed E-state index contributed by atoms with van der Waals surface area (Å²) in [6.07, 6.45) is 3.45. The smallest absolute Gasteiger partial charge is 0.274 e. The van der Waals surface area contributed by atoms with Crippen molar-refractivity contribution in [2.75, 3.05) is 5.75 Å². The number of nitrogens with zero attached hydrogens (tertiary/aromatic N) is 1. The maximum atomic E-state index is 14.2. The van der Waals surface area contributed by atoms with Crippen molar-refractivity contribution in [3.8, 4) is 22.6 Å². The van der Waals surface area contributed by atoms with E-state index < -0.39 is 11.6 Å². The van der Waals surface area contributed by atoms with Gasteiger partial charge in [0.05, 0.1) is 0 Å². The number of halogens is 2. The number of ether oxygens (including phenoxy) is 1. The molecule has 2 aromatic heterocycles. The number of nitrogens with one attached hydrogen (secondary N) is 1. The van der Waals surface area contributed by atoms with Crippen LogP contribution in [0.1, 0.15) is 6.92 Å². The minimum atomic E-state index is -0.782. The molecule has 4 rings (SSSR count). The number of aromatic nitrogens is 2. The first-order valence-electron chi connectivity index (χ1n) is 9.04. The highest BCUT2D eigenvalue weighted by Crippen LogP contribution is 2.39. The lowest BCUT2D eigenvalue weighted by atomic mass is 10.0. The summed E-state index contributed by atoms with van der Waals surface area (Å²) in [5, 5.41) is 0.746. The number of aryl methyl sites for hydroxylation is 1. The predicted octanol–water partition coefficient (Wildman–Crippen LogP) is 5.72. The first-order valence-corrected chi connectivity index (χ1v) is 10.0. The molecule has 148 valence electrons. The number of fused-ring (bicyclic) bond motifs is 1. The topological polar surface area (TPSA) is 47.0 Å². The summed E-state index contributed by atoms with van der Waals surface area (Å²) in [6, 6.07) is 10.6. The van der Waals surface area contributed by atoms with E-state index in [1.165, 1.54) is 10.6 Å². The molecular weight excluding hydrogens is 394 g/mol. The van der Waals surface area contributed by atoms with Crippen molar-refractivity contribution in [1.82, 2.24) is 9.55 Å². The maximum absolute atomic E-state index is 14.2. The lowest BCUT2D eigenvalue weighted by molar-refractivity contribution is 0.439. The van der Waals surface area contributed by atoms with E-state index in [0.29, 0.717) is 16.8 Å². The Kier molecular flexibility index (Phi) is 5.15. The molecule has 2 aromatic carbocycles. The van der Waals surface area contributed by atoms with E-state index in [2.05, 4.69) is 11.9 Å². The molecule has 0 saturated heterocycles. The van der Waals surface area contributed by atoms with E-state index in [1.54, 1.807) is 37.3 Å². The van der Waals surface area contributed by atoms with Crippen molar-refractivity contribution >= 4 is 22.7 Å². The molecule has 1 N–H and O–H groups in total. The molecule has 0 aliphatic heterocycles. The highest BCUT2D eigenvalue weighted by atomic mass is 32.2. The third kappa shape index (κ3) is 3.65. The summed E-state index contributed by atoms with van der Waals surface area (Å²) in [5.41, 5.74) is 1.84. The van der Waals surface area contributed by atoms with Crippen molar-refractivity contribution in [3.05, 3.63) is 76.8 Å². The number of pyridine rings is 1. The van der Waals surface area contributed by atoms with Gasteiger partial charge in [0, 0.05) is 46.9 Å². The molecule has 0 radical (unpaired) electrons. The van der Waals surface area contributed by atoms with Crippen LogP contribution >= 0.6 is 11.8 Å². The Morgan fingerprint density at radius 2 is 1.86 bits per heavy atom. The highest BCUT2D eigenvalue weighted by molar-refractivity contribution is 7.99. The van der Waals surface area contributed by atoms with Gasteiger partial charge in [0.15, 0.2) is 11.6 Å². The molecule has 4 nitrogen and oxygen atoms in total. The van der Waals surface area contributed by atoms with Gasteiger partial charge in [-0.2, -0.15) is 0 Å². The summed E-state index contributed by atoms with van der Waals surface area (Å²) in [6.45, 7) is 2.05.